The number of fused-ring (bicyclic) bond motifs is 2. The molecule has 1 aromatic carbocycles. The van der Waals surface area contributed by atoms with Crippen LogP contribution in [0.4, 0.5) is 10.7 Å². The van der Waals surface area contributed by atoms with Crippen LogP contribution in [-0.4, -0.2) is 46.4 Å². The van der Waals surface area contributed by atoms with E-state index in [4.69, 9.17) is 9.84 Å². The average molecular weight is 376 g/mol. The van der Waals surface area contributed by atoms with Crippen LogP contribution in [0, 0.1) is 0 Å². The van der Waals surface area contributed by atoms with Gasteiger partial charge in [-0.3, -0.25) is 4.90 Å². The second kappa shape index (κ2) is 7.19. The van der Waals surface area contributed by atoms with Crippen molar-refractivity contribution in [2.75, 3.05) is 25.1 Å². The van der Waals surface area contributed by atoms with Crippen LogP contribution in [-0.2, 0) is 6.54 Å². The first-order valence-electron chi connectivity index (χ1n) is 7.91. The molecule has 3 heterocycles. The van der Waals surface area contributed by atoms with Crippen molar-refractivity contribution in [2.45, 2.75) is 6.54 Å². The summed E-state index contributed by atoms with van der Waals surface area (Å²) in [7, 11) is 1.43. The highest BCUT2D eigenvalue weighted by Crippen LogP contribution is 2.29. The van der Waals surface area contributed by atoms with E-state index in [9.17, 15) is 4.79 Å². The maximum absolute atomic E-state index is 11.1. The second-order valence-electron chi connectivity index (χ2n) is 5.84. The van der Waals surface area contributed by atoms with Crippen LogP contribution in [0.5, 0.6) is 5.75 Å². The van der Waals surface area contributed by atoms with Crippen molar-refractivity contribution in [3.05, 3.63) is 36.0 Å². The molecule has 0 saturated heterocycles. The Morgan fingerprint density at radius 1 is 1.31 bits per heavy atom. The maximum Gasteiger partial charge on any atom is 0.413 e. The zero-order chi connectivity index (χ0) is 17.4. The van der Waals surface area contributed by atoms with Gasteiger partial charge in [-0.25, -0.2) is 9.78 Å². The number of anilines is 1. The number of aromatic nitrogens is 3. The van der Waals surface area contributed by atoms with Crippen molar-refractivity contribution in [2.24, 2.45) is 0 Å². The number of hydrogen-bond acceptors (Lipinski definition) is 5. The fraction of sp³-hybridized carbons (Fsp3) is 0.235. The summed E-state index contributed by atoms with van der Waals surface area (Å²) in [5, 5.41) is 12.4. The molecule has 0 fully saturated rings. The van der Waals surface area contributed by atoms with Crippen LogP contribution >= 0.6 is 12.4 Å². The molecule has 0 spiro atoms. The molecule has 0 bridgehead atoms. The Hall–Kier alpha value is -2.84. The summed E-state index contributed by atoms with van der Waals surface area (Å²) in [6.45, 7) is 2.25. The van der Waals surface area contributed by atoms with Gasteiger partial charge in [0, 0.05) is 37.5 Å². The van der Waals surface area contributed by atoms with E-state index in [1.54, 1.807) is 6.20 Å². The van der Waals surface area contributed by atoms with E-state index in [0.717, 1.165) is 40.4 Å². The number of carbonyl (C=O) groups is 1. The molecule has 1 aliphatic heterocycles. The lowest BCUT2D eigenvalue weighted by Gasteiger charge is -2.09. The number of hydrogen-bond donors (Lipinski definition) is 3. The van der Waals surface area contributed by atoms with Gasteiger partial charge in [0.15, 0.2) is 5.65 Å². The number of aromatic amines is 1. The van der Waals surface area contributed by atoms with Gasteiger partial charge in [0.2, 0.25) is 5.95 Å². The number of H-pyrrole nitrogens is 1. The van der Waals surface area contributed by atoms with Crippen LogP contribution in [0.1, 0.15) is 5.56 Å². The lowest BCUT2D eigenvalue weighted by molar-refractivity contribution is 0.203. The van der Waals surface area contributed by atoms with Crippen molar-refractivity contribution in [3.8, 4) is 16.9 Å². The van der Waals surface area contributed by atoms with Gasteiger partial charge in [-0.1, -0.05) is 6.07 Å². The molecule has 3 aromatic rings. The average Bonchev–Trinajstić information content (AvgIpc) is 2.90. The summed E-state index contributed by atoms with van der Waals surface area (Å²) < 4.78 is 5.71. The van der Waals surface area contributed by atoms with E-state index in [2.05, 4.69) is 26.3 Å². The number of benzene rings is 1. The lowest BCUT2D eigenvalue weighted by atomic mass is 10.0. The Labute approximate surface area is 155 Å². The van der Waals surface area contributed by atoms with Crippen LogP contribution in [0.3, 0.4) is 0 Å². The van der Waals surface area contributed by atoms with E-state index in [1.165, 1.54) is 7.05 Å². The van der Waals surface area contributed by atoms with E-state index in [0.29, 0.717) is 17.8 Å². The van der Waals surface area contributed by atoms with Crippen molar-refractivity contribution in [1.82, 2.24) is 20.3 Å². The molecule has 4 rings (SSSR count). The van der Waals surface area contributed by atoms with E-state index in [-0.39, 0.29) is 18.4 Å². The first-order valence-corrected chi connectivity index (χ1v) is 7.91. The van der Waals surface area contributed by atoms with Crippen LogP contribution in [0.15, 0.2) is 30.5 Å². The highest BCUT2D eigenvalue weighted by molar-refractivity contribution is 5.87. The first-order chi connectivity index (χ1) is 12.1. The maximum atomic E-state index is 11.1. The van der Waals surface area contributed by atoms with Gasteiger partial charge in [0.25, 0.3) is 0 Å². The van der Waals surface area contributed by atoms with Crippen molar-refractivity contribution in [1.29, 1.82) is 0 Å². The van der Waals surface area contributed by atoms with Crippen molar-refractivity contribution < 1.29 is 14.6 Å². The summed E-state index contributed by atoms with van der Waals surface area (Å²) in [5.74, 6) is 1.14. The molecule has 0 aliphatic carbocycles. The zero-order valence-electron chi connectivity index (χ0n) is 14.0. The Kier molecular flexibility index (Phi) is 4.97. The highest BCUT2D eigenvalue weighted by atomic mass is 35.5. The Morgan fingerprint density at radius 2 is 2.15 bits per heavy atom. The Morgan fingerprint density at radius 3 is 2.96 bits per heavy atom. The third kappa shape index (κ3) is 3.29. The molecule has 0 radical (unpaired) electrons. The topological polar surface area (TPSA) is 103 Å². The molecule has 0 unspecified atom stereocenters. The van der Waals surface area contributed by atoms with Crippen molar-refractivity contribution in [3.63, 3.8) is 0 Å². The fourth-order valence-electron chi connectivity index (χ4n) is 2.79. The Bertz CT molecular complexity index is 959. The van der Waals surface area contributed by atoms with Crippen LogP contribution in [0.25, 0.3) is 22.3 Å². The third-order valence-electron chi connectivity index (χ3n) is 4.18. The summed E-state index contributed by atoms with van der Waals surface area (Å²) in [4.78, 5) is 23.6. The smallest absolute Gasteiger partial charge is 0.413 e. The molecular weight excluding hydrogens is 358 g/mol. The van der Waals surface area contributed by atoms with Gasteiger partial charge < -0.3 is 20.1 Å². The minimum atomic E-state index is -1.09. The minimum absolute atomic E-state index is 0. The van der Waals surface area contributed by atoms with Crippen molar-refractivity contribution >= 4 is 35.6 Å². The van der Waals surface area contributed by atoms with Crippen LogP contribution < -0.4 is 15.0 Å². The monoisotopic (exact) mass is 375 g/mol. The van der Waals surface area contributed by atoms with Gasteiger partial charge >= 0.3 is 6.09 Å². The fourth-order valence-corrected chi connectivity index (χ4v) is 2.79. The molecular formula is C17H18ClN5O3. The molecule has 8 nitrogen and oxygen atoms in total. The number of amides is 1. The number of halogens is 1. The Balaban J connectivity index is 0.00000196. The second-order valence-corrected chi connectivity index (χ2v) is 5.84. The molecule has 26 heavy (non-hydrogen) atoms. The van der Waals surface area contributed by atoms with Gasteiger partial charge in [0.1, 0.15) is 12.4 Å². The summed E-state index contributed by atoms with van der Waals surface area (Å²) in [6.07, 6.45) is 0.651. The normalized spacial score (nSPS) is 13.3. The molecule has 9 heteroatoms. The van der Waals surface area contributed by atoms with E-state index >= 15 is 0 Å². The quantitative estimate of drug-likeness (QED) is 0.636. The van der Waals surface area contributed by atoms with Gasteiger partial charge in [-0.15, -0.1) is 12.4 Å². The highest BCUT2D eigenvalue weighted by Gasteiger charge is 2.15. The lowest BCUT2D eigenvalue weighted by Crippen LogP contribution is -2.24. The molecule has 136 valence electrons. The number of nitrogens with one attached hydrogen (secondary N) is 2. The SMILES string of the molecule is CN(C(=O)O)c1nc2ncc(-c3ccc4c(c3)CNCCO4)cc2[nH]1.Cl. The standard InChI is InChI=1S/C17H17N5O3.ClH/c1-22(17(23)24)16-20-13-7-11(9-19-15(13)21-16)10-2-3-14-12(6-10)8-18-4-5-25-14;/h2-3,6-7,9,18H,4-5,8H2,1H3,(H,23,24)(H,19,20,21);1H. The summed E-state index contributed by atoms with van der Waals surface area (Å²) >= 11 is 0. The number of ether oxygens (including phenoxy) is 1. The molecule has 0 atom stereocenters. The van der Waals surface area contributed by atoms with Gasteiger partial charge in [-0.2, -0.15) is 4.98 Å². The van der Waals surface area contributed by atoms with E-state index in [1.807, 2.05) is 18.2 Å². The molecule has 3 N–H and O–H groups in total. The number of nitrogens with zero attached hydrogens (tertiary/aromatic N) is 3. The summed E-state index contributed by atoms with van der Waals surface area (Å²) in [5.41, 5.74) is 4.21. The van der Waals surface area contributed by atoms with E-state index < -0.39 is 6.09 Å². The molecule has 2 aromatic heterocycles. The molecule has 1 aliphatic rings. The predicted octanol–water partition coefficient (Wildman–Crippen LogP) is 2.64. The zero-order valence-corrected chi connectivity index (χ0v) is 14.8. The summed E-state index contributed by atoms with van der Waals surface area (Å²) in [6, 6.07) is 7.96. The number of pyridine rings is 1. The number of imidazole rings is 1. The molecule has 0 saturated carbocycles. The molecule has 1 amide bonds. The number of carboxylic acid groups (broad SMARTS) is 1. The number of rotatable bonds is 2. The third-order valence-corrected chi connectivity index (χ3v) is 4.18. The first kappa shape index (κ1) is 18.0. The van der Waals surface area contributed by atoms with Gasteiger partial charge in [-0.05, 0) is 23.8 Å². The largest absolute Gasteiger partial charge is 0.492 e. The van der Waals surface area contributed by atoms with Gasteiger partial charge in [0.05, 0.1) is 5.52 Å². The van der Waals surface area contributed by atoms with Crippen LogP contribution in [0.2, 0.25) is 0 Å². The minimum Gasteiger partial charge on any atom is -0.492 e. The predicted molar refractivity (Wildman–Crippen MR) is 100 cm³/mol.